The number of carbonyl (C=O) groups is 1. The van der Waals surface area contributed by atoms with E-state index in [0.29, 0.717) is 19.3 Å². The fraction of sp³-hybridized carbons (Fsp3) is 0.412. The first-order valence-corrected chi connectivity index (χ1v) is 8.62. The Bertz CT molecular complexity index is 732. The van der Waals surface area contributed by atoms with Crippen LogP contribution in [0, 0.1) is 15.5 Å². The van der Waals surface area contributed by atoms with Crippen molar-refractivity contribution in [2.24, 2.45) is 5.73 Å². The molecule has 0 aliphatic heterocycles. The minimum Gasteiger partial charge on any atom is -0.361 e. The molecule has 0 bridgehead atoms. The summed E-state index contributed by atoms with van der Waals surface area (Å²) in [5.41, 5.74) is 9.68. The first-order chi connectivity index (χ1) is 13.0. The minimum absolute atomic E-state index is 0.0639. The average molecular weight is 377 g/mol. The van der Waals surface area contributed by atoms with Crippen LogP contribution in [0.2, 0.25) is 0 Å². The first-order valence-electron chi connectivity index (χ1n) is 8.62. The van der Waals surface area contributed by atoms with Gasteiger partial charge in [-0.2, -0.15) is 0 Å². The van der Waals surface area contributed by atoms with E-state index in [-0.39, 0.29) is 5.91 Å². The molecule has 0 radical (unpaired) electrons. The molecular formula is C17H27N7O3. The van der Waals surface area contributed by atoms with Gasteiger partial charge in [0, 0.05) is 23.6 Å². The molecule has 0 saturated carbocycles. The molecule has 7 N–H and O–H groups in total. The Morgan fingerprint density at radius 2 is 2.15 bits per heavy atom. The number of nitrogens with one attached hydrogen (secondary N) is 5. The number of aromatic amines is 1. The van der Waals surface area contributed by atoms with Gasteiger partial charge in [-0.1, -0.05) is 23.6 Å². The van der Waals surface area contributed by atoms with Crippen LogP contribution >= 0.6 is 0 Å². The molecule has 0 aliphatic rings. The fourth-order valence-electron chi connectivity index (χ4n) is 2.47. The Hall–Kier alpha value is -2.98. The Kier molecular flexibility index (Phi) is 10.1. The summed E-state index contributed by atoms with van der Waals surface area (Å²) >= 11 is 0. The molecule has 1 aromatic heterocycles. The highest BCUT2D eigenvalue weighted by molar-refractivity contribution is 5.83. The van der Waals surface area contributed by atoms with E-state index in [1.807, 2.05) is 25.4 Å². The van der Waals surface area contributed by atoms with E-state index in [9.17, 15) is 4.79 Å². The molecule has 0 fully saturated rings. The van der Waals surface area contributed by atoms with Gasteiger partial charge in [0.1, 0.15) is 6.34 Å². The van der Waals surface area contributed by atoms with E-state index < -0.39 is 11.1 Å². The zero-order valence-corrected chi connectivity index (χ0v) is 15.3. The summed E-state index contributed by atoms with van der Waals surface area (Å²) in [4.78, 5) is 24.2. The SMILES string of the molecule is CNCCCC(N)C(=O)NCCc1c[nH]c2ccccc12.N=CN[N+](=O)[O-]. The number of hydrazine groups is 1. The van der Waals surface area contributed by atoms with Crippen molar-refractivity contribution in [2.45, 2.75) is 25.3 Å². The number of H-pyrrole nitrogens is 1. The highest BCUT2D eigenvalue weighted by atomic mass is 16.7. The molecule has 2 aromatic rings. The van der Waals surface area contributed by atoms with E-state index in [0.717, 1.165) is 24.9 Å². The van der Waals surface area contributed by atoms with Crippen molar-refractivity contribution < 1.29 is 9.83 Å². The number of nitro groups is 1. The Balaban J connectivity index is 0.000000527. The average Bonchev–Trinajstić information content (AvgIpc) is 3.05. The topological polar surface area (TPSA) is 162 Å². The van der Waals surface area contributed by atoms with Crippen LogP contribution < -0.4 is 21.8 Å². The predicted octanol–water partition coefficient (Wildman–Crippen LogP) is 0.528. The van der Waals surface area contributed by atoms with Crippen LogP contribution in [0.4, 0.5) is 0 Å². The quantitative estimate of drug-likeness (QED) is 0.116. The zero-order valence-electron chi connectivity index (χ0n) is 15.3. The van der Waals surface area contributed by atoms with Crippen molar-refractivity contribution in [1.82, 2.24) is 21.0 Å². The molecule has 1 aromatic carbocycles. The number of hydrogen-bond acceptors (Lipinski definition) is 6. The van der Waals surface area contributed by atoms with Crippen molar-refractivity contribution in [3.8, 4) is 0 Å². The number of nitrogens with zero attached hydrogens (tertiary/aromatic N) is 1. The van der Waals surface area contributed by atoms with E-state index in [1.54, 1.807) is 0 Å². The van der Waals surface area contributed by atoms with E-state index in [4.69, 9.17) is 21.3 Å². The van der Waals surface area contributed by atoms with Crippen LogP contribution in [0.25, 0.3) is 10.9 Å². The van der Waals surface area contributed by atoms with Gasteiger partial charge in [-0.25, -0.2) is 10.1 Å². The summed E-state index contributed by atoms with van der Waals surface area (Å²) in [5, 5.41) is 21.6. The monoisotopic (exact) mass is 377 g/mol. The maximum absolute atomic E-state index is 11.9. The van der Waals surface area contributed by atoms with Crippen molar-refractivity contribution in [3.05, 3.63) is 46.1 Å². The summed E-state index contributed by atoms with van der Waals surface area (Å²) in [6.45, 7) is 1.50. The molecule has 0 spiro atoms. The molecule has 1 amide bonds. The number of nitrogens with two attached hydrogens (primary N) is 1. The van der Waals surface area contributed by atoms with Crippen molar-refractivity contribution in [2.75, 3.05) is 20.1 Å². The van der Waals surface area contributed by atoms with Gasteiger partial charge < -0.3 is 21.4 Å². The Morgan fingerprint density at radius 3 is 2.78 bits per heavy atom. The molecule has 1 heterocycles. The third kappa shape index (κ3) is 8.29. The molecule has 27 heavy (non-hydrogen) atoms. The lowest BCUT2D eigenvalue weighted by Gasteiger charge is -2.11. The molecule has 2 rings (SSSR count). The maximum atomic E-state index is 11.9. The molecule has 1 unspecified atom stereocenters. The van der Waals surface area contributed by atoms with Crippen molar-refractivity contribution in [1.29, 1.82) is 5.41 Å². The summed E-state index contributed by atoms with van der Waals surface area (Å²) in [7, 11) is 1.90. The van der Waals surface area contributed by atoms with Crippen LogP contribution in [0.5, 0.6) is 0 Å². The van der Waals surface area contributed by atoms with Gasteiger partial charge in [0.2, 0.25) is 5.91 Å². The van der Waals surface area contributed by atoms with Gasteiger partial charge in [-0.05, 0) is 44.5 Å². The van der Waals surface area contributed by atoms with Crippen molar-refractivity contribution >= 4 is 23.1 Å². The lowest BCUT2D eigenvalue weighted by molar-refractivity contribution is -0.523. The standard InChI is InChI=1S/C16H24N4O.CH3N3O2/c1-18-9-4-6-14(17)16(21)19-10-8-12-11-20-15-7-3-2-5-13(12)15;2-1-3-4(5)6/h2-3,5,7,11,14,18,20H,4,6,8-10,17H2,1H3,(H,19,21);1H,(H2,2,3). The summed E-state index contributed by atoms with van der Waals surface area (Å²) < 4.78 is 0. The summed E-state index contributed by atoms with van der Waals surface area (Å²) in [6.07, 6.45) is 4.93. The number of para-hydroxylation sites is 1. The second kappa shape index (κ2) is 12.4. The molecule has 0 saturated heterocycles. The molecule has 10 nitrogen and oxygen atoms in total. The van der Waals surface area contributed by atoms with Gasteiger partial charge in [-0.15, -0.1) is 0 Å². The summed E-state index contributed by atoms with van der Waals surface area (Å²) in [5.74, 6) is -0.0639. The molecule has 1 atom stereocenters. The van der Waals surface area contributed by atoms with Crippen molar-refractivity contribution in [3.63, 3.8) is 0 Å². The second-order valence-electron chi connectivity index (χ2n) is 5.78. The highest BCUT2D eigenvalue weighted by Gasteiger charge is 2.12. The maximum Gasteiger partial charge on any atom is 0.236 e. The number of rotatable bonds is 10. The van der Waals surface area contributed by atoms with Crippen LogP contribution in [-0.4, -0.2) is 48.4 Å². The number of hydrogen-bond donors (Lipinski definition) is 6. The van der Waals surface area contributed by atoms with E-state index >= 15 is 0 Å². The van der Waals surface area contributed by atoms with Gasteiger partial charge in [-0.3, -0.25) is 10.2 Å². The number of fused-ring (bicyclic) bond motifs is 1. The Labute approximate surface area is 157 Å². The normalized spacial score (nSPS) is 11.2. The largest absolute Gasteiger partial charge is 0.361 e. The van der Waals surface area contributed by atoms with Gasteiger partial charge in [0.15, 0.2) is 5.03 Å². The molecule has 148 valence electrons. The van der Waals surface area contributed by atoms with Crippen LogP contribution in [0.15, 0.2) is 30.5 Å². The van der Waals surface area contributed by atoms with Crippen LogP contribution in [-0.2, 0) is 11.2 Å². The molecule has 0 aliphatic carbocycles. The second-order valence-corrected chi connectivity index (χ2v) is 5.78. The van der Waals surface area contributed by atoms with Gasteiger partial charge in [0.25, 0.3) is 0 Å². The number of carbonyl (C=O) groups excluding carboxylic acids is 1. The number of aromatic nitrogens is 1. The number of amides is 1. The molecular weight excluding hydrogens is 350 g/mol. The number of benzene rings is 1. The fourth-order valence-corrected chi connectivity index (χ4v) is 2.47. The van der Waals surface area contributed by atoms with E-state index in [2.05, 4.69) is 27.8 Å². The lowest BCUT2D eigenvalue weighted by Crippen LogP contribution is -2.41. The molecule has 10 heteroatoms. The van der Waals surface area contributed by atoms with Crippen LogP contribution in [0.1, 0.15) is 18.4 Å². The first kappa shape index (κ1) is 22.1. The van der Waals surface area contributed by atoms with Gasteiger partial charge >= 0.3 is 0 Å². The minimum atomic E-state index is -0.812. The predicted molar refractivity (Wildman–Crippen MR) is 105 cm³/mol. The Morgan fingerprint density at radius 1 is 1.41 bits per heavy atom. The lowest BCUT2D eigenvalue weighted by atomic mass is 10.1. The van der Waals surface area contributed by atoms with E-state index in [1.165, 1.54) is 16.4 Å². The smallest absolute Gasteiger partial charge is 0.236 e. The third-order valence-electron chi connectivity index (χ3n) is 3.82. The van der Waals surface area contributed by atoms with Crippen LogP contribution in [0.3, 0.4) is 0 Å². The zero-order chi connectivity index (χ0) is 20.1. The third-order valence-corrected chi connectivity index (χ3v) is 3.82. The highest BCUT2D eigenvalue weighted by Crippen LogP contribution is 2.17. The van der Waals surface area contributed by atoms with Gasteiger partial charge in [0.05, 0.1) is 6.04 Å². The summed E-state index contributed by atoms with van der Waals surface area (Å²) in [6, 6.07) is 7.76.